The number of aromatic nitrogens is 2. The standard InChI is InChI=1S/C24H20N4O3S2/c1-31-17-9-5-15(6-10-17)19-3-2-4-20-21(14-32-24(19)20)22-13-23(28-27-22)26-16-7-11-18(12-8-16)33(25,29)30/h2-14H,1H3,(H2,25,29,30)(H2,26,27,28). The number of H-pyrrole nitrogens is 1. The number of nitrogens with two attached hydrogens (primary N) is 1. The zero-order valence-corrected chi connectivity index (χ0v) is 19.2. The highest BCUT2D eigenvalue weighted by Crippen LogP contribution is 2.39. The molecule has 0 spiro atoms. The van der Waals surface area contributed by atoms with Crippen molar-refractivity contribution in [2.45, 2.75) is 4.90 Å². The molecule has 0 amide bonds. The van der Waals surface area contributed by atoms with Crippen LogP contribution in [0.2, 0.25) is 0 Å². The van der Waals surface area contributed by atoms with Gasteiger partial charge in [-0.3, -0.25) is 5.10 Å². The highest BCUT2D eigenvalue weighted by atomic mass is 32.2. The fourth-order valence-electron chi connectivity index (χ4n) is 3.66. The Labute approximate surface area is 194 Å². The summed E-state index contributed by atoms with van der Waals surface area (Å²) in [6, 6.07) is 22.5. The lowest BCUT2D eigenvalue weighted by Gasteiger charge is -2.06. The molecule has 0 aliphatic heterocycles. The molecule has 5 rings (SSSR count). The number of anilines is 2. The summed E-state index contributed by atoms with van der Waals surface area (Å²) in [4.78, 5) is 0.0631. The van der Waals surface area contributed by atoms with Crippen molar-refractivity contribution in [3.63, 3.8) is 0 Å². The average molecular weight is 477 g/mol. The van der Waals surface area contributed by atoms with Crippen molar-refractivity contribution in [1.82, 2.24) is 10.2 Å². The molecule has 5 aromatic rings. The molecule has 0 bridgehead atoms. The third-order valence-electron chi connectivity index (χ3n) is 5.32. The summed E-state index contributed by atoms with van der Waals surface area (Å²) in [7, 11) is -2.06. The average Bonchev–Trinajstić information content (AvgIpc) is 3.45. The zero-order valence-electron chi connectivity index (χ0n) is 17.6. The lowest BCUT2D eigenvalue weighted by atomic mass is 10.0. The van der Waals surface area contributed by atoms with Crippen LogP contribution in [0.1, 0.15) is 0 Å². The third-order valence-corrected chi connectivity index (χ3v) is 7.28. The van der Waals surface area contributed by atoms with Gasteiger partial charge >= 0.3 is 0 Å². The Morgan fingerprint density at radius 3 is 2.45 bits per heavy atom. The van der Waals surface area contributed by atoms with Crippen molar-refractivity contribution >= 4 is 43.0 Å². The molecule has 0 atom stereocenters. The molecule has 0 radical (unpaired) electrons. The van der Waals surface area contributed by atoms with Gasteiger partial charge in [0, 0.05) is 32.8 Å². The monoisotopic (exact) mass is 476 g/mol. The Morgan fingerprint density at radius 2 is 1.76 bits per heavy atom. The van der Waals surface area contributed by atoms with Crippen molar-refractivity contribution in [2.75, 3.05) is 12.4 Å². The number of ether oxygens (including phenoxy) is 1. The maximum absolute atomic E-state index is 11.4. The highest BCUT2D eigenvalue weighted by Gasteiger charge is 2.14. The summed E-state index contributed by atoms with van der Waals surface area (Å²) in [5.41, 5.74) is 4.95. The number of thiophene rings is 1. The minimum Gasteiger partial charge on any atom is -0.497 e. The molecule has 0 unspecified atom stereocenters. The van der Waals surface area contributed by atoms with Gasteiger partial charge in [0.1, 0.15) is 5.75 Å². The van der Waals surface area contributed by atoms with E-state index in [0.29, 0.717) is 11.5 Å². The Bertz CT molecular complexity index is 1540. The summed E-state index contributed by atoms with van der Waals surface area (Å²) < 4.78 is 29.3. The normalized spacial score (nSPS) is 11.6. The van der Waals surface area contributed by atoms with Gasteiger partial charge in [0.25, 0.3) is 0 Å². The minimum atomic E-state index is -3.72. The minimum absolute atomic E-state index is 0.0631. The number of rotatable bonds is 6. The van der Waals surface area contributed by atoms with E-state index in [1.807, 2.05) is 18.2 Å². The van der Waals surface area contributed by atoms with Crippen LogP contribution in [0, 0.1) is 0 Å². The number of nitrogens with one attached hydrogen (secondary N) is 2. The number of hydrogen-bond acceptors (Lipinski definition) is 6. The van der Waals surface area contributed by atoms with Crippen LogP contribution in [0.5, 0.6) is 5.75 Å². The maximum Gasteiger partial charge on any atom is 0.238 e. The molecular formula is C24H20N4O3S2. The van der Waals surface area contributed by atoms with Crippen LogP contribution in [-0.4, -0.2) is 25.7 Å². The predicted molar refractivity (Wildman–Crippen MR) is 132 cm³/mol. The van der Waals surface area contributed by atoms with Gasteiger partial charge in [-0.2, -0.15) is 5.10 Å². The first kappa shape index (κ1) is 21.2. The molecule has 33 heavy (non-hydrogen) atoms. The summed E-state index contributed by atoms with van der Waals surface area (Å²) >= 11 is 1.69. The second-order valence-corrected chi connectivity index (χ2v) is 9.86. The van der Waals surface area contributed by atoms with E-state index in [1.165, 1.54) is 22.4 Å². The van der Waals surface area contributed by atoms with E-state index in [9.17, 15) is 8.42 Å². The van der Waals surface area contributed by atoms with Crippen molar-refractivity contribution in [2.24, 2.45) is 5.14 Å². The summed E-state index contributed by atoms with van der Waals surface area (Å²) in [6.07, 6.45) is 0. The number of fused-ring (bicyclic) bond motifs is 1. The third kappa shape index (κ3) is 4.21. The lowest BCUT2D eigenvalue weighted by molar-refractivity contribution is 0.415. The topological polar surface area (TPSA) is 110 Å². The fraction of sp³-hybridized carbons (Fsp3) is 0.0417. The molecule has 0 fully saturated rings. The molecule has 0 saturated carbocycles. The molecule has 0 saturated heterocycles. The fourth-order valence-corrected chi connectivity index (χ4v) is 5.29. The Hall–Kier alpha value is -3.66. The summed E-state index contributed by atoms with van der Waals surface area (Å²) in [6.45, 7) is 0. The maximum atomic E-state index is 11.4. The van der Waals surface area contributed by atoms with Crippen LogP contribution in [0.25, 0.3) is 32.5 Å². The molecule has 166 valence electrons. The molecule has 0 aliphatic carbocycles. The van der Waals surface area contributed by atoms with Crippen LogP contribution in [0.3, 0.4) is 0 Å². The lowest BCUT2D eigenvalue weighted by Crippen LogP contribution is -2.11. The SMILES string of the molecule is COc1ccc(-c2cccc3c(-c4cc(Nc5ccc(S(N)(=O)=O)cc5)n[nH]4)csc23)cc1. The number of primary sulfonamides is 1. The molecule has 4 N–H and O–H groups in total. The van der Waals surface area contributed by atoms with Crippen LogP contribution in [0.15, 0.2) is 83.1 Å². The van der Waals surface area contributed by atoms with Crippen molar-refractivity contribution in [3.8, 4) is 28.1 Å². The van der Waals surface area contributed by atoms with E-state index in [-0.39, 0.29) is 4.90 Å². The van der Waals surface area contributed by atoms with Gasteiger partial charge in [-0.25, -0.2) is 13.6 Å². The largest absolute Gasteiger partial charge is 0.497 e. The number of hydrogen-bond donors (Lipinski definition) is 3. The zero-order chi connectivity index (χ0) is 23.0. The Kier molecular flexibility index (Phi) is 5.37. The molecule has 0 aliphatic rings. The van der Waals surface area contributed by atoms with Gasteiger partial charge in [-0.15, -0.1) is 11.3 Å². The van der Waals surface area contributed by atoms with Crippen molar-refractivity contribution in [3.05, 3.63) is 78.2 Å². The van der Waals surface area contributed by atoms with Crippen LogP contribution in [0.4, 0.5) is 11.5 Å². The number of nitrogens with zero attached hydrogens (tertiary/aromatic N) is 1. The highest BCUT2D eigenvalue weighted by molar-refractivity contribution is 7.89. The quantitative estimate of drug-likeness (QED) is 0.306. The van der Waals surface area contributed by atoms with Gasteiger partial charge in [-0.05, 0) is 47.5 Å². The van der Waals surface area contributed by atoms with Gasteiger partial charge in [0.05, 0.1) is 17.7 Å². The summed E-state index contributed by atoms with van der Waals surface area (Å²) in [5.74, 6) is 1.45. The van der Waals surface area contributed by atoms with Crippen molar-refractivity contribution < 1.29 is 13.2 Å². The first-order valence-electron chi connectivity index (χ1n) is 10.0. The van der Waals surface area contributed by atoms with Crippen LogP contribution in [-0.2, 0) is 10.0 Å². The molecule has 2 heterocycles. The van der Waals surface area contributed by atoms with E-state index in [4.69, 9.17) is 9.88 Å². The second kappa shape index (κ2) is 8.36. The van der Waals surface area contributed by atoms with Crippen molar-refractivity contribution in [1.29, 1.82) is 0 Å². The number of methoxy groups -OCH3 is 1. The second-order valence-electron chi connectivity index (χ2n) is 7.42. The smallest absolute Gasteiger partial charge is 0.238 e. The van der Waals surface area contributed by atoms with Gasteiger partial charge in [0.2, 0.25) is 10.0 Å². The van der Waals surface area contributed by atoms with Gasteiger partial charge in [-0.1, -0.05) is 30.3 Å². The predicted octanol–water partition coefficient (Wildman–Crippen LogP) is 5.36. The molecule has 9 heteroatoms. The van der Waals surface area contributed by atoms with Crippen LogP contribution < -0.4 is 15.2 Å². The summed E-state index contributed by atoms with van der Waals surface area (Å²) in [5, 5.41) is 19.0. The molecular weight excluding hydrogens is 456 g/mol. The van der Waals surface area contributed by atoms with Gasteiger partial charge < -0.3 is 10.1 Å². The van der Waals surface area contributed by atoms with E-state index in [2.05, 4.69) is 51.2 Å². The first-order chi connectivity index (χ1) is 15.9. The number of sulfonamides is 1. The Morgan fingerprint density at radius 1 is 1.00 bits per heavy atom. The number of aromatic amines is 1. The van der Waals surface area contributed by atoms with E-state index in [0.717, 1.165) is 28.0 Å². The first-order valence-corrected chi connectivity index (χ1v) is 12.5. The Balaban J connectivity index is 1.43. The van der Waals surface area contributed by atoms with E-state index >= 15 is 0 Å². The van der Waals surface area contributed by atoms with E-state index in [1.54, 1.807) is 30.6 Å². The number of benzene rings is 3. The van der Waals surface area contributed by atoms with Crippen LogP contribution >= 0.6 is 11.3 Å². The molecule has 7 nitrogen and oxygen atoms in total. The molecule has 3 aromatic carbocycles. The van der Waals surface area contributed by atoms with Gasteiger partial charge in [0.15, 0.2) is 5.82 Å². The van der Waals surface area contributed by atoms with E-state index < -0.39 is 10.0 Å². The molecule has 2 aromatic heterocycles.